The van der Waals surface area contributed by atoms with Crippen molar-refractivity contribution < 1.29 is 0 Å². The molecule has 94 valence electrons. The smallest absolute Gasteiger partial charge is 0.280 e. The minimum atomic E-state index is -0.189. The second-order valence-corrected chi connectivity index (χ2v) is 5.44. The molecule has 5 heteroatoms. The second-order valence-electron chi connectivity index (χ2n) is 4.65. The molecule has 2 rings (SSSR count). The Kier molecular flexibility index (Phi) is 4.59. The third kappa shape index (κ3) is 3.56. The third-order valence-electron chi connectivity index (χ3n) is 3.37. The zero-order valence-electron chi connectivity index (χ0n) is 9.84. The van der Waals surface area contributed by atoms with Crippen molar-refractivity contribution in [3.63, 3.8) is 0 Å². The molecule has 1 fully saturated rings. The van der Waals surface area contributed by atoms with Crippen molar-refractivity contribution in [3.8, 4) is 0 Å². The maximum absolute atomic E-state index is 11.3. The van der Waals surface area contributed by atoms with E-state index in [9.17, 15) is 4.79 Å². The first-order valence-electron chi connectivity index (χ1n) is 6.24. The molecule has 4 nitrogen and oxygen atoms in total. The molecule has 2 N–H and O–H groups in total. The molecule has 0 aliphatic heterocycles. The van der Waals surface area contributed by atoms with Gasteiger partial charge in [0.15, 0.2) is 0 Å². The summed E-state index contributed by atoms with van der Waals surface area (Å²) < 4.78 is 0.536. The summed E-state index contributed by atoms with van der Waals surface area (Å²) in [6, 6.07) is 0. The highest BCUT2D eigenvalue weighted by atomic mass is 79.9. The molecule has 1 aliphatic carbocycles. The molecular weight excluding hydrogens is 282 g/mol. The Morgan fingerprint density at radius 3 is 3.00 bits per heavy atom. The number of aromatic nitrogens is 2. The van der Waals surface area contributed by atoms with Crippen molar-refractivity contribution in [1.29, 1.82) is 0 Å². The molecule has 0 bridgehead atoms. The molecule has 0 saturated heterocycles. The molecule has 0 unspecified atom stereocenters. The summed E-state index contributed by atoms with van der Waals surface area (Å²) in [5.74, 6) is 0.928. The third-order valence-corrected chi connectivity index (χ3v) is 4.16. The number of hydrogen-bond acceptors (Lipinski definition) is 3. The maximum atomic E-state index is 11.3. The van der Waals surface area contributed by atoms with Gasteiger partial charge in [0, 0.05) is 6.54 Å². The highest BCUT2D eigenvalue weighted by molar-refractivity contribution is 9.10. The van der Waals surface area contributed by atoms with E-state index >= 15 is 0 Å². The summed E-state index contributed by atoms with van der Waals surface area (Å²) in [5, 5.41) is 9.40. The van der Waals surface area contributed by atoms with Gasteiger partial charge in [0.25, 0.3) is 5.56 Å². The van der Waals surface area contributed by atoms with Gasteiger partial charge in [0.05, 0.1) is 11.9 Å². The summed E-state index contributed by atoms with van der Waals surface area (Å²) >= 11 is 3.25. The van der Waals surface area contributed by atoms with Crippen molar-refractivity contribution in [2.75, 3.05) is 11.9 Å². The fourth-order valence-corrected chi connectivity index (χ4v) is 2.75. The molecule has 0 amide bonds. The number of anilines is 1. The van der Waals surface area contributed by atoms with Gasteiger partial charge in [-0.15, -0.1) is 0 Å². The first-order valence-corrected chi connectivity index (χ1v) is 7.03. The molecule has 0 atom stereocenters. The zero-order valence-corrected chi connectivity index (χ0v) is 11.4. The molecule has 0 spiro atoms. The Morgan fingerprint density at radius 1 is 1.47 bits per heavy atom. The van der Waals surface area contributed by atoms with Crippen LogP contribution in [0.15, 0.2) is 15.5 Å². The van der Waals surface area contributed by atoms with Gasteiger partial charge in [-0.2, -0.15) is 5.10 Å². The lowest BCUT2D eigenvalue weighted by atomic mass is 10.0. The Balaban J connectivity index is 1.74. The summed E-state index contributed by atoms with van der Waals surface area (Å²) in [6.07, 6.45) is 9.70. The number of nitrogens with zero attached hydrogens (tertiary/aromatic N) is 1. The van der Waals surface area contributed by atoms with Gasteiger partial charge in [-0.25, -0.2) is 5.10 Å². The van der Waals surface area contributed by atoms with Crippen LogP contribution in [0.25, 0.3) is 0 Å². The number of rotatable bonds is 5. The molecule has 1 aromatic rings. The lowest BCUT2D eigenvalue weighted by Gasteiger charge is -2.10. The van der Waals surface area contributed by atoms with E-state index in [4.69, 9.17) is 0 Å². The van der Waals surface area contributed by atoms with Crippen LogP contribution in [0.5, 0.6) is 0 Å². The highest BCUT2D eigenvalue weighted by Gasteiger charge is 2.14. The fraction of sp³-hybridized carbons (Fsp3) is 0.667. The van der Waals surface area contributed by atoms with Crippen LogP contribution in [0.1, 0.15) is 38.5 Å². The van der Waals surface area contributed by atoms with E-state index in [0.717, 1.165) is 24.6 Å². The van der Waals surface area contributed by atoms with Gasteiger partial charge in [-0.3, -0.25) is 4.79 Å². The van der Waals surface area contributed by atoms with Crippen molar-refractivity contribution in [2.24, 2.45) is 5.92 Å². The topological polar surface area (TPSA) is 57.8 Å². The van der Waals surface area contributed by atoms with Crippen LogP contribution >= 0.6 is 15.9 Å². The van der Waals surface area contributed by atoms with Gasteiger partial charge in [0.1, 0.15) is 4.47 Å². The molecule has 1 saturated carbocycles. The SMILES string of the molecule is O=c1[nH]ncc(NCCCC2CCCC2)c1Br. The first-order chi connectivity index (χ1) is 8.27. The Morgan fingerprint density at radius 2 is 2.24 bits per heavy atom. The van der Waals surface area contributed by atoms with Crippen LogP contribution < -0.4 is 10.9 Å². The van der Waals surface area contributed by atoms with E-state index in [0.29, 0.717) is 4.47 Å². The summed E-state index contributed by atoms with van der Waals surface area (Å²) in [7, 11) is 0. The minimum absolute atomic E-state index is 0.189. The summed E-state index contributed by atoms with van der Waals surface area (Å²) in [5.41, 5.74) is 0.589. The largest absolute Gasteiger partial charge is 0.383 e. The van der Waals surface area contributed by atoms with E-state index in [1.807, 2.05) is 0 Å². The summed E-state index contributed by atoms with van der Waals surface area (Å²) in [4.78, 5) is 11.3. The quantitative estimate of drug-likeness (QED) is 0.822. The van der Waals surface area contributed by atoms with Crippen LogP contribution in [-0.4, -0.2) is 16.7 Å². The van der Waals surface area contributed by atoms with E-state index < -0.39 is 0 Å². The van der Waals surface area contributed by atoms with Gasteiger partial charge in [-0.1, -0.05) is 25.7 Å². The van der Waals surface area contributed by atoms with Crippen molar-refractivity contribution >= 4 is 21.6 Å². The van der Waals surface area contributed by atoms with E-state index in [1.165, 1.54) is 32.1 Å². The fourth-order valence-electron chi connectivity index (χ4n) is 2.42. The number of nitrogens with one attached hydrogen (secondary N) is 2. The molecule has 1 heterocycles. The van der Waals surface area contributed by atoms with Crippen molar-refractivity contribution in [1.82, 2.24) is 10.2 Å². The standard InChI is InChI=1S/C12H18BrN3O/c13-11-10(8-15-16-12(11)17)14-7-3-6-9-4-1-2-5-9/h8-9H,1-7H2,(H2,14,16,17). The van der Waals surface area contributed by atoms with Crippen LogP contribution in [0.2, 0.25) is 0 Å². The highest BCUT2D eigenvalue weighted by Crippen LogP contribution is 2.28. The predicted octanol–water partition coefficient (Wildman–Crippen LogP) is 2.91. The van der Waals surface area contributed by atoms with Crippen LogP contribution in [-0.2, 0) is 0 Å². The molecular formula is C12H18BrN3O. The average Bonchev–Trinajstić information content (AvgIpc) is 2.83. The lowest BCUT2D eigenvalue weighted by molar-refractivity contribution is 0.491. The summed E-state index contributed by atoms with van der Waals surface area (Å²) in [6.45, 7) is 0.903. The molecule has 0 aromatic carbocycles. The second kappa shape index (κ2) is 6.19. The maximum Gasteiger partial charge on any atom is 0.280 e. The number of aromatic amines is 1. The van der Waals surface area contributed by atoms with E-state index in [2.05, 4.69) is 31.4 Å². The monoisotopic (exact) mass is 299 g/mol. The predicted molar refractivity (Wildman–Crippen MR) is 72.2 cm³/mol. The molecule has 1 aromatic heterocycles. The number of hydrogen-bond donors (Lipinski definition) is 2. The zero-order chi connectivity index (χ0) is 12.1. The Labute approximate surface area is 109 Å². The van der Waals surface area contributed by atoms with E-state index in [1.54, 1.807) is 6.20 Å². The van der Waals surface area contributed by atoms with Gasteiger partial charge in [0.2, 0.25) is 0 Å². The van der Waals surface area contributed by atoms with Crippen LogP contribution in [0.3, 0.4) is 0 Å². The normalized spacial score (nSPS) is 16.3. The number of halogens is 1. The van der Waals surface area contributed by atoms with Gasteiger partial charge < -0.3 is 5.32 Å². The Hall–Kier alpha value is -0.840. The van der Waals surface area contributed by atoms with E-state index in [-0.39, 0.29) is 5.56 Å². The molecule has 1 aliphatic rings. The van der Waals surface area contributed by atoms with Gasteiger partial charge in [-0.05, 0) is 34.7 Å². The Bertz CT molecular complexity index is 412. The lowest BCUT2D eigenvalue weighted by Crippen LogP contribution is -2.13. The average molecular weight is 300 g/mol. The van der Waals surface area contributed by atoms with Crippen molar-refractivity contribution in [3.05, 3.63) is 21.0 Å². The molecule has 17 heavy (non-hydrogen) atoms. The minimum Gasteiger partial charge on any atom is -0.383 e. The van der Waals surface area contributed by atoms with Crippen LogP contribution in [0.4, 0.5) is 5.69 Å². The van der Waals surface area contributed by atoms with Crippen molar-refractivity contribution in [2.45, 2.75) is 38.5 Å². The van der Waals surface area contributed by atoms with Gasteiger partial charge >= 0.3 is 0 Å². The molecule has 0 radical (unpaired) electrons. The first kappa shape index (κ1) is 12.6. The number of H-pyrrole nitrogens is 1. The van der Waals surface area contributed by atoms with Crippen LogP contribution in [0, 0.1) is 5.92 Å².